The Bertz CT molecular complexity index is 382. The predicted molar refractivity (Wildman–Crippen MR) is 70.9 cm³/mol. The molecular formula is C12H19N3S. The molecule has 0 spiro atoms. The highest BCUT2D eigenvalue weighted by molar-refractivity contribution is 7.10. The number of allylic oxidation sites excluding steroid dienone is 1. The van der Waals surface area contributed by atoms with E-state index in [0.29, 0.717) is 5.82 Å². The molecule has 0 saturated heterocycles. The second-order valence-corrected chi connectivity index (χ2v) is 5.08. The van der Waals surface area contributed by atoms with E-state index in [0.717, 1.165) is 23.5 Å². The molecular weight excluding hydrogens is 218 g/mol. The maximum atomic E-state index is 5.70. The first kappa shape index (κ1) is 11.5. The third kappa shape index (κ3) is 2.76. The maximum Gasteiger partial charge on any atom is 0.142 e. The Morgan fingerprint density at radius 1 is 1.50 bits per heavy atom. The molecule has 0 radical (unpaired) electrons. The lowest BCUT2D eigenvalue weighted by molar-refractivity contribution is 0.679. The Morgan fingerprint density at radius 3 is 3.00 bits per heavy atom. The monoisotopic (exact) mass is 237 g/mol. The molecule has 3 N–H and O–H groups in total. The van der Waals surface area contributed by atoms with Crippen LogP contribution in [0.25, 0.3) is 0 Å². The fraction of sp³-hybridized carbons (Fsp3) is 0.583. The van der Waals surface area contributed by atoms with Gasteiger partial charge in [-0.05, 0) is 50.6 Å². The molecule has 0 fully saturated rings. The second kappa shape index (κ2) is 5.34. The molecule has 4 heteroatoms. The van der Waals surface area contributed by atoms with Crippen molar-refractivity contribution in [2.45, 2.75) is 39.0 Å². The summed E-state index contributed by atoms with van der Waals surface area (Å²) >= 11 is 1.46. The smallest absolute Gasteiger partial charge is 0.142 e. The number of nitrogens with two attached hydrogens (primary N) is 1. The fourth-order valence-corrected chi connectivity index (χ4v) is 2.72. The highest BCUT2D eigenvalue weighted by Crippen LogP contribution is 2.26. The molecule has 3 nitrogen and oxygen atoms in total. The van der Waals surface area contributed by atoms with Crippen molar-refractivity contribution in [3.63, 3.8) is 0 Å². The number of rotatable bonds is 4. The minimum Gasteiger partial charge on any atom is -0.383 e. The highest BCUT2D eigenvalue weighted by Gasteiger charge is 2.07. The molecule has 1 aromatic rings. The lowest BCUT2D eigenvalue weighted by Crippen LogP contribution is -2.04. The molecule has 88 valence electrons. The SMILES string of the molecule is Cc1c(N)nsc1NCCC1=CCCCC1. The number of anilines is 2. The minimum absolute atomic E-state index is 0.657. The van der Waals surface area contributed by atoms with Crippen LogP contribution in [0.2, 0.25) is 0 Å². The molecule has 0 aromatic carbocycles. The third-order valence-corrected chi connectivity index (χ3v) is 4.00. The molecule has 0 unspecified atom stereocenters. The van der Waals surface area contributed by atoms with Crippen LogP contribution in [-0.2, 0) is 0 Å². The molecule has 0 amide bonds. The van der Waals surface area contributed by atoms with Gasteiger partial charge in [0.25, 0.3) is 0 Å². The van der Waals surface area contributed by atoms with Crippen LogP contribution in [0.1, 0.15) is 37.7 Å². The van der Waals surface area contributed by atoms with Crippen molar-refractivity contribution in [1.82, 2.24) is 4.37 Å². The number of aromatic nitrogens is 1. The molecule has 0 bridgehead atoms. The molecule has 1 aliphatic carbocycles. The molecule has 0 saturated carbocycles. The summed E-state index contributed by atoms with van der Waals surface area (Å²) in [6, 6.07) is 0. The van der Waals surface area contributed by atoms with Gasteiger partial charge in [-0.2, -0.15) is 4.37 Å². The van der Waals surface area contributed by atoms with Gasteiger partial charge in [-0.15, -0.1) is 0 Å². The van der Waals surface area contributed by atoms with E-state index in [9.17, 15) is 0 Å². The predicted octanol–water partition coefficient (Wildman–Crippen LogP) is 3.34. The Balaban J connectivity index is 1.79. The molecule has 1 aromatic heterocycles. The van der Waals surface area contributed by atoms with Crippen molar-refractivity contribution in [1.29, 1.82) is 0 Å². The van der Waals surface area contributed by atoms with Crippen LogP contribution in [0.4, 0.5) is 10.8 Å². The first-order valence-corrected chi connectivity index (χ1v) is 6.68. The van der Waals surface area contributed by atoms with Gasteiger partial charge in [0.05, 0.1) is 0 Å². The zero-order valence-electron chi connectivity index (χ0n) is 9.75. The van der Waals surface area contributed by atoms with E-state index in [1.807, 2.05) is 6.92 Å². The van der Waals surface area contributed by atoms with Gasteiger partial charge < -0.3 is 11.1 Å². The summed E-state index contributed by atoms with van der Waals surface area (Å²) in [6.07, 6.45) is 8.82. The zero-order chi connectivity index (χ0) is 11.4. The van der Waals surface area contributed by atoms with Crippen LogP contribution in [-0.4, -0.2) is 10.9 Å². The van der Waals surface area contributed by atoms with Crippen molar-refractivity contribution in [2.24, 2.45) is 0 Å². The lowest BCUT2D eigenvalue weighted by Gasteiger charge is -2.12. The average Bonchev–Trinajstić information content (AvgIpc) is 2.62. The van der Waals surface area contributed by atoms with Crippen LogP contribution in [0.15, 0.2) is 11.6 Å². The Labute approximate surface area is 101 Å². The standard InChI is InChI=1S/C12H19N3S/c1-9-11(13)15-16-12(9)14-8-7-10-5-3-2-4-6-10/h5,14H,2-4,6-8H2,1H3,(H2,13,15). The Morgan fingerprint density at radius 2 is 2.38 bits per heavy atom. The molecule has 0 atom stereocenters. The number of hydrogen-bond acceptors (Lipinski definition) is 4. The van der Waals surface area contributed by atoms with Gasteiger partial charge in [-0.3, -0.25) is 0 Å². The number of hydrogen-bond donors (Lipinski definition) is 2. The summed E-state index contributed by atoms with van der Waals surface area (Å²) in [5.41, 5.74) is 8.39. The summed E-state index contributed by atoms with van der Waals surface area (Å²) in [6.45, 7) is 3.01. The quantitative estimate of drug-likeness (QED) is 0.790. The van der Waals surface area contributed by atoms with Crippen LogP contribution in [0, 0.1) is 6.92 Å². The number of nitrogens with one attached hydrogen (secondary N) is 1. The molecule has 1 aliphatic rings. The summed E-state index contributed by atoms with van der Waals surface area (Å²) in [5, 5.41) is 4.54. The third-order valence-electron chi connectivity index (χ3n) is 3.08. The van der Waals surface area contributed by atoms with Crippen molar-refractivity contribution in [3.05, 3.63) is 17.2 Å². The van der Waals surface area contributed by atoms with E-state index in [1.165, 1.54) is 37.2 Å². The lowest BCUT2D eigenvalue weighted by atomic mass is 9.97. The average molecular weight is 237 g/mol. The number of nitrogens with zero attached hydrogens (tertiary/aromatic N) is 1. The Hall–Kier alpha value is -1.03. The van der Waals surface area contributed by atoms with Gasteiger partial charge in [0.15, 0.2) is 0 Å². The molecule has 2 rings (SSSR count). The van der Waals surface area contributed by atoms with Crippen molar-refractivity contribution >= 4 is 22.4 Å². The van der Waals surface area contributed by atoms with Gasteiger partial charge in [-0.25, -0.2) is 0 Å². The van der Waals surface area contributed by atoms with Crippen molar-refractivity contribution in [3.8, 4) is 0 Å². The van der Waals surface area contributed by atoms with Gasteiger partial charge in [-0.1, -0.05) is 11.6 Å². The van der Waals surface area contributed by atoms with Crippen LogP contribution >= 0.6 is 11.5 Å². The summed E-state index contributed by atoms with van der Waals surface area (Å²) < 4.78 is 4.12. The van der Waals surface area contributed by atoms with E-state index in [2.05, 4.69) is 15.8 Å². The summed E-state index contributed by atoms with van der Waals surface area (Å²) in [5.74, 6) is 0.657. The minimum atomic E-state index is 0.657. The zero-order valence-corrected chi connectivity index (χ0v) is 10.6. The Kier molecular flexibility index (Phi) is 3.83. The fourth-order valence-electron chi connectivity index (χ4n) is 1.98. The van der Waals surface area contributed by atoms with E-state index < -0.39 is 0 Å². The molecule has 0 aliphatic heterocycles. The van der Waals surface area contributed by atoms with Crippen LogP contribution in [0.5, 0.6) is 0 Å². The van der Waals surface area contributed by atoms with E-state index in [4.69, 9.17) is 5.73 Å². The first-order valence-electron chi connectivity index (χ1n) is 5.91. The first-order chi connectivity index (χ1) is 7.77. The van der Waals surface area contributed by atoms with Crippen molar-refractivity contribution in [2.75, 3.05) is 17.6 Å². The summed E-state index contributed by atoms with van der Waals surface area (Å²) in [4.78, 5) is 0. The normalized spacial score (nSPS) is 15.9. The van der Waals surface area contributed by atoms with E-state index in [-0.39, 0.29) is 0 Å². The number of nitrogen functional groups attached to an aromatic ring is 1. The second-order valence-electron chi connectivity index (χ2n) is 4.31. The highest BCUT2D eigenvalue weighted by atomic mass is 32.1. The topological polar surface area (TPSA) is 50.9 Å². The van der Waals surface area contributed by atoms with Crippen LogP contribution < -0.4 is 11.1 Å². The molecule has 16 heavy (non-hydrogen) atoms. The van der Waals surface area contributed by atoms with Gasteiger partial charge in [0.2, 0.25) is 0 Å². The maximum absolute atomic E-state index is 5.70. The summed E-state index contributed by atoms with van der Waals surface area (Å²) in [7, 11) is 0. The van der Waals surface area contributed by atoms with Crippen LogP contribution in [0.3, 0.4) is 0 Å². The van der Waals surface area contributed by atoms with E-state index in [1.54, 1.807) is 5.57 Å². The van der Waals surface area contributed by atoms with E-state index >= 15 is 0 Å². The van der Waals surface area contributed by atoms with Gasteiger partial charge in [0.1, 0.15) is 10.8 Å². The van der Waals surface area contributed by atoms with Gasteiger partial charge in [0, 0.05) is 12.1 Å². The molecule has 1 heterocycles. The van der Waals surface area contributed by atoms with Crippen molar-refractivity contribution < 1.29 is 0 Å². The van der Waals surface area contributed by atoms with Gasteiger partial charge >= 0.3 is 0 Å². The largest absolute Gasteiger partial charge is 0.383 e.